The Labute approximate surface area is 96.4 Å². The molecule has 2 N–H and O–H groups in total. The Bertz CT molecular complexity index is 391. The Morgan fingerprint density at radius 2 is 2.38 bits per heavy atom. The summed E-state index contributed by atoms with van der Waals surface area (Å²) in [7, 11) is 1.46. The van der Waals surface area contributed by atoms with Crippen LogP contribution >= 0.6 is 11.5 Å². The molecule has 0 aliphatic rings. The lowest BCUT2D eigenvalue weighted by atomic mass is 10.2. The molecular weight excluding hydrogens is 232 g/mol. The number of aromatic nitrogens is 1. The summed E-state index contributed by atoms with van der Waals surface area (Å²) in [6, 6.07) is 1.51. The molecule has 1 atom stereocenters. The van der Waals surface area contributed by atoms with Crippen molar-refractivity contribution in [2.75, 3.05) is 13.7 Å². The van der Waals surface area contributed by atoms with Crippen LogP contribution in [0.1, 0.15) is 16.6 Å². The predicted octanol–water partition coefficient (Wildman–Crippen LogP) is 0.602. The zero-order valence-corrected chi connectivity index (χ0v) is 9.71. The molecule has 0 saturated carbocycles. The minimum absolute atomic E-state index is 0.0916. The number of hydrogen-bond acceptors (Lipinski definition) is 5. The van der Waals surface area contributed by atoms with E-state index in [1.54, 1.807) is 0 Å². The van der Waals surface area contributed by atoms with Crippen LogP contribution in [0.5, 0.6) is 5.88 Å². The van der Waals surface area contributed by atoms with Crippen molar-refractivity contribution in [3.8, 4) is 5.88 Å². The number of carbonyl (C=O) groups is 2. The fourth-order valence-corrected chi connectivity index (χ4v) is 1.51. The van der Waals surface area contributed by atoms with E-state index in [9.17, 15) is 9.59 Å². The number of hydrogen-bond donors (Lipinski definition) is 2. The molecular formula is C9H12N2O4S. The van der Waals surface area contributed by atoms with Crippen LogP contribution in [0.15, 0.2) is 6.07 Å². The van der Waals surface area contributed by atoms with E-state index in [0.717, 1.165) is 11.5 Å². The van der Waals surface area contributed by atoms with Gasteiger partial charge in [-0.15, -0.1) is 0 Å². The van der Waals surface area contributed by atoms with Crippen molar-refractivity contribution in [1.82, 2.24) is 9.69 Å². The Kier molecular flexibility index (Phi) is 4.24. The van der Waals surface area contributed by atoms with Crippen LogP contribution in [0, 0.1) is 5.92 Å². The second-order valence-electron chi connectivity index (χ2n) is 3.18. The van der Waals surface area contributed by atoms with E-state index < -0.39 is 11.9 Å². The van der Waals surface area contributed by atoms with Crippen molar-refractivity contribution in [2.24, 2.45) is 5.92 Å². The molecule has 0 aromatic carbocycles. The number of carboxylic acids is 1. The molecule has 0 aliphatic heterocycles. The zero-order valence-electron chi connectivity index (χ0n) is 8.89. The standard InChI is InChI=1S/C9H12N2O4S/c1-5(9(13)14)4-10-8(12)6-3-7(15-2)11-16-6/h3,5H,4H2,1-2H3,(H,10,12)(H,13,14). The lowest BCUT2D eigenvalue weighted by Crippen LogP contribution is -2.30. The van der Waals surface area contributed by atoms with Gasteiger partial charge in [-0.05, 0) is 11.5 Å². The van der Waals surface area contributed by atoms with Crippen molar-refractivity contribution in [3.63, 3.8) is 0 Å². The first kappa shape index (κ1) is 12.4. The fraction of sp³-hybridized carbons (Fsp3) is 0.444. The first-order valence-electron chi connectivity index (χ1n) is 4.56. The summed E-state index contributed by atoms with van der Waals surface area (Å²) in [5.41, 5.74) is 0. The molecule has 0 bridgehead atoms. The molecule has 88 valence electrons. The van der Waals surface area contributed by atoms with Gasteiger partial charge in [0, 0.05) is 12.6 Å². The summed E-state index contributed by atoms with van der Waals surface area (Å²) in [6.07, 6.45) is 0. The maximum Gasteiger partial charge on any atom is 0.308 e. The number of methoxy groups -OCH3 is 1. The SMILES string of the molecule is COc1cc(C(=O)NCC(C)C(=O)O)sn1. The van der Waals surface area contributed by atoms with Crippen LogP contribution in [0.2, 0.25) is 0 Å². The molecule has 1 unspecified atom stereocenters. The molecule has 0 radical (unpaired) electrons. The summed E-state index contributed by atoms with van der Waals surface area (Å²) in [4.78, 5) is 22.4. The number of carbonyl (C=O) groups excluding carboxylic acids is 1. The number of nitrogens with one attached hydrogen (secondary N) is 1. The third kappa shape index (κ3) is 3.20. The number of rotatable bonds is 5. The number of carboxylic acid groups (broad SMARTS) is 1. The van der Waals surface area contributed by atoms with Gasteiger partial charge < -0.3 is 15.2 Å². The molecule has 6 nitrogen and oxygen atoms in total. The summed E-state index contributed by atoms with van der Waals surface area (Å²) in [6.45, 7) is 1.62. The van der Waals surface area contributed by atoms with Gasteiger partial charge in [0.05, 0.1) is 13.0 Å². The molecule has 1 rings (SSSR count). The minimum atomic E-state index is -0.942. The van der Waals surface area contributed by atoms with E-state index in [1.165, 1.54) is 20.1 Å². The molecule has 1 heterocycles. The molecule has 7 heteroatoms. The third-order valence-corrected chi connectivity index (χ3v) is 2.68. The molecule has 0 spiro atoms. The minimum Gasteiger partial charge on any atom is -0.481 e. The Hall–Kier alpha value is -1.63. The predicted molar refractivity (Wildman–Crippen MR) is 57.8 cm³/mol. The highest BCUT2D eigenvalue weighted by molar-refractivity contribution is 7.08. The van der Waals surface area contributed by atoms with Crippen LogP contribution < -0.4 is 10.1 Å². The average molecular weight is 244 g/mol. The second kappa shape index (κ2) is 5.45. The highest BCUT2D eigenvalue weighted by atomic mass is 32.1. The largest absolute Gasteiger partial charge is 0.481 e. The summed E-state index contributed by atoms with van der Waals surface area (Å²) in [5, 5.41) is 11.1. The smallest absolute Gasteiger partial charge is 0.308 e. The van der Waals surface area contributed by atoms with Crippen LogP contribution in [0.25, 0.3) is 0 Å². The average Bonchev–Trinajstić information content (AvgIpc) is 2.73. The van der Waals surface area contributed by atoms with Gasteiger partial charge in [-0.2, -0.15) is 4.37 Å². The maximum atomic E-state index is 11.5. The molecule has 0 aliphatic carbocycles. The fourth-order valence-electron chi connectivity index (χ4n) is 0.882. The van der Waals surface area contributed by atoms with Crippen molar-refractivity contribution in [3.05, 3.63) is 10.9 Å². The number of amides is 1. The van der Waals surface area contributed by atoms with Gasteiger partial charge in [0.15, 0.2) is 0 Å². The number of aliphatic carboxylic acids is 1. The van der Waals surface area contributed by atoms with Gasteiger partial charge in [0.1, 0.15) is 4.88 Å². The van der Waals surface area contributed by atoms with Gasteiger partial charge >= 0.3 is 5.97 Å². The molecule has 0 saturated heterocycles. The Balaban J connectivity index is 2.49. The first-order valence-corrected chi connectivity index (χ1v) is 5.33. The number of ether oxygens (including phenoxy) is 1. The van der Waals surface area contributed by atoms with Gasteiger partial charge in [0.2, 0.25) is 5.88 Å². The van der Waals surface area contributed by atoms with Crippen LogP contribution in [0.4, 0.5) is 0 Å². The van der Waals surface area contributed by atoms with Crippen molar-refractivity contribution >= 4 is 23.4 Å². The molecule has 1 aromatic rings. The Morgan fingerprint density at radius 1 is 1.69 bits per heavy atom. The molecule has 16 heavy (non-hydrogen) atoms. The van der Waals surface area contributed by atoms with E-state index >= 15 is 0 Å². The lowest BCUT2D eigenvalue weighted by Gasteiger charge is -2.06. The lowest BCUT2D eigenvalue weighted by molar-refractivity contribution is -0.140. The van der Waals surface area contributed by atoms with E-state index in [0.29, 0.717) is 10.8 Å². The normalized spacial score (nSPS) is 11.9. The van der Waals surface area contributed by atoms with Gasteiger partial charge in [0.25, 0.3) is 5.91 Å². The van der Waals surface area contributed by atoms with Crippen molar-refractivity contribution in [1.29, 1.82) is 0 Å². The van der Waals surface area contributed by atoms with E-state index in [2.05, 4.69) is 9.69 Å². The van der Waals surface area contributed by atoms with Crippen LogP contribution in [0.3, 0.4) is 0 Å². The zero-order chi connectivity index (χ0) is 12.1. The summed E-state index contributed by atoms with van der Waals surface area (Å²) < 4.78 is 8.69. The van der Waals surface area contributed by atoms with E-state index in [-0.39, 0.29) is 12.5 Å². The van der Waals surface area contributed by atoms with Gasteiger partial charge in [-0.1, -0.05) is 6.92 Å². The first-order chi connectivity index (χ1) is 7.54. The molecule has 1 amide bonds. The second-order valence-corrected chi connectivity index (χ2v) is 3.99. The number of nitrogens with zero attached hydrogens (tertiary/aromatic N) is 1. The van der Waals surface area contributed by atoms with Gasteiger partial charge in [-0.3, -0.25) is 9.59 Å². The van der Waals surface area contributed by atoms with Gasteiger partial charge in [-0.25, -0.2) is 0 Å². The molecule has 0 fully saturated rings. The van der Waals surface area contributed by atoms with Crippen molar-refractivity contribution in [2.45, 2.75) is 6.92 Å². The quantitative estimate of drug-likeness (QED) is 0.792. The van der Waals surface area contributed by atoms with E-state index in [1.807, 2.05) is 0 Å². The highest BCUT2D eigenvalue weighted by Crippen LogP contribution is 2.15. The Morgan fingerprint density at radius 3 is 2.88 bits per heavy atom. The van der Waals surface area contributed by atoms with Crippen molar-refractivity contribution < 1.29 is 19.4 Å². The maximum absolute atomic E-state index is 11.5. The summed E-state index contributed by atoms with van der Waals surface area (Å²) >= 11 is 1.01. The van der Waals surface area contributed by atoms with E-state index in [4.69, 9.17) is 9.84 Å². The van der Waals surface area contributed by atoms with Crippen LogP contribution in [-0.4, -0.2) is 35.0 Å². The monoisotopic (exact) mass is 244 g/mol. The summed E-state index contributed by atoms with van der Waals surface area (Å²) in [5.74, 6) is -1.52. The van der Waals surface area contributed by atoms with Crippen LogP contribution in [-0.2, 0) is 4.79 Å². The highest BCUT2D eigenvalue weighted by Gasteiger charge is 2.15. The molecule has 1 aromatic heterocycles. The third-order valence-electron chi connectivity index (χ3n) is 1.91. The topological polar surface area (TPSA) is 88.5 Å².